The van der Waals surface area contributed by atoms with Gasteiger partial charge in [0.1, 0.15) is 0 Å². The van der Waals surface area contributed by atoms with Gasteiger partial charge in [-0.1, -0.05) is 91.0 Å². The third-order valence-corrected chi connectivity index (χ3v) is 4.00. The monoisotopic (exact) mass is 325 g/mol. The van der Waals surface area contributed by atoms with E-state index in [1.807, 2.05) is 91.0 Å². The van der Waals surface area contributed by atoms with Crippen molar-refractivity contribution in [3.05, 3.63) is 96.2 Å². The minimum absolute atomic E-state index is 0.400. The van der Waals surface area contributed by atoms with Gasteiger partial charge in [0.15, 0.2) is 11.4 Å². The van der Waals surface area contributed by atoms with Gasteiger partial charge < -0.3 is 5.21 Å². The van der Waals surface area contributed by atoms with E-state index in [1.165, 1.54) is 0 Å². The van der Waals surface area contributed by atoms with Gasteiger partial charge in [0.05, 0.1) is 4.96 Å². The normalized spacial score (nSPS) is 10.6. The van der Waals surface area contributed by atoms with Gasteiger partial charge in [0.2, 0.25) is 0 Å². The summed E-state index contributed by atoms with van der Waals surface area (Å²) in [5.74, 6) is 0. The van der Waals surface area contributed by atoms with E-state index in [0.717, 1.165) is 22.3 Å². The molecule has 0 aliphatic rings. The number of hydrogen-bond acceptors (Lipinski definition) is 3. The number of benzene rings is 3. The average molecular weight is 325 g/mol. The van der Waals surface area contributed by atoms with E-state index < -0.39 is 0 Å². The van der Waals surface area contributed by atoms with Gasteiger partial charge in [0, 0.05) is 26.9 Å². The van der Waals surface area contributed by atoms with Gasteiger partial charge in [-0.3, -0.25) is 0 Å². The molecule has 0 fully saturated rings. The number of nitrogens with zero attached hydrogens (tertiary/aromatic N) is 3. The first-order valence-electron chi connectivity index (χ1n) is 8.01. The van der Waals surface area contributed by atoms with Crippen molar-refractivity contribution in [1.82, 2.24) is 10.2 Å². The highest BCUT2D eigenvalue weighted by molar-refractivity contribution is 5.90. The van der Waals surface area contributed by atoms with Crippen molar-refractivity contribution in [1.29, 1.82) is 0 Å². The Bertz CT molecular complexity index is 927. The SMILES string of the molecule is [O-][n+]1nc(-c2ccccc2)c(-c2ccccc2)c(-c2ccccc2)n1. The summed E-state index contributed by atoms with van der Waals surface area (Å²) in [6.07, 6.45) is 0. The quantitative estimate of drug-likeness (QED) is 0.421. The highest BCUT2D eigenvalue weighted by Gasteiger charge is 2.21. The van der Waals surface area contributed by atoms with Crippen LogP contribution >= 0.6 is 0 Å². The molecule has 0 bridgehead atoms. The Morgan fingerprint density at radius 3 is 1.28 bits per heavy atom. The van der Waals surface area contributed by atoms with Gasteiger partial charge in [-0.2, -0.15) is 0 Å². The molecule has 4 rings (SSSR count). The first-order chi connectivity index (χ1) is 12.3. The molecule has 1 heterocycles. The van der Waals surface area contributed by atoms with Crippen LogP contribution in [0.3, 0.4) is 0 Å². The van der Waals surface area contributed by atoms with Crippen molar-refractivity contribution >= 4 is 0 Å². The van der Waals surface area contributed by atoms with Gasteiger partial charge in [-0.05, 0) is 5.56 Å². The lowest BCUT2D eigenvalue weighted by Gasteiger charge is -2.11. The van der Waals surface area contributed by atoms with E-state index in [9.17, 15) is 5.21 Å². The van der Waals surface area contributed by atoms with Crippen LogP contribution in [0, 0.1) is 5.21 Å². The lowest BCUT2D eigenvalue weighted by Crippen LogP contribution is -2.37. The zero-order valence-electron chi connectivity index (χ0n) is 13.4. The second-order valence-corrected chi connectivity index (χ2v) is 5.62. The van der Waals surface area contributed by atoms with E-state index >= 15 is 0 Å². The molecule has 0 aliphatic carbocycles. The summed E-state index contributed by atoms with van der Waals surface area (Å²) in [6, 6.07) is 29.3. The third-order valence-electron chi connectivity index (χ3n) is 4.00. The predicted molar refractivity (Wildman–Crippen MR) is 97.3 cm³/mol. The van der Waals surface area contributed by atoms with Gasteiger partial charge in [-0.25, -0.2) is 0 Å². The smallest absolute Gasteiger partial charge is 0.152 e. The van der Waals surface area contributed by atoms with Gasteiger partial charge in [0.25, 0.3) is 0 Å². The van der Waals surface area contributed by atoms with Crippen LogP contribution in [0.4, 0.5) is 0 Å². The molecule has 0 aliphatic heterocycles. The maximum Gasteiger partial charge on any atom is 0.152 e. The molecule has 0 spiro atoms. The zero-order valence-corrected chi connectivity index (χ0v) is 13.4. The van der Waals surface area contributed by atoms with E-state index in [0.29, 0.717) is 16.3 Å². The summed E-state index contributed by atoms with van der Waals surface area (Å²) in [7, 11) is 0. The molecule has 0 saturated heterocycles. The molecule has 0 atom stereocenters. The van der Waals surface area contributed by atoms with Gasteiger partial charge >= 0.3 is 0 Å². The minimum atomic E-state index is 0.400. The van der Waals surface area contributed by atoms with Crippen LogP contribution in [-0.4, -0.2) is 10.2 Å². The number of rotatable bonds is 3. The molecule has 4 heteroatoms. The summed E-state index contributed by atoms with van der Waals surface area (Å²) in [4.78, 5) is 0.400. The summed E-state index contributed by atoms with van der Waals surface area (Å²) >= 11 is 0. The van der Waals surface area contributed by atoms with Crippen molar-refractivity contribution in [3.8, 4) is 33.6 Å². The fraction of sp³-hybridized carbons (Fsp3) is 0. The second-order valence-electron chi connectivity index (χ2n) is 5.62. The van der Waals surface area contributed by atoms with E-state index in [1.54, 1.807) is 0 Å². The van der Waals surface area contributed by atoms with Crippen molar-refractivity contribution in [2.24, 2.45) is 0 Å². The third kappa shape index (κ3) is 2.97. The molecule has 0 amide bonds. The van der Waals surface area contributed by atoms with Crippen LogP contribution in [-0.2, 0) is 0 Å². The van der Waals surface area contributed by atoms with Crippen LogP contribution in [0.1, 0.15) is 0 Å². The highest BCUT2D eigenvalue weighted by Crippen LogP contribution is 2.36. The molecular weight excluding hydrogens is 310 g/mol. The maximum absolute atomic E-state index is 12.1. The first kappa shape index (κ1) is 15.0. The van der Waals surface area contributed by atoms with Gasteiger partial charge in [-0.15, -0.1) is 0 Å². The molecule has 1 aromatic heterocycles. The van der Waals surface area contributed by atoms with E-state index in [-0.39, 0.29) is 0 Å². The van der Waals surface area contributed by atoms with Crippen LogP contribution < -0.4 is 4.96 Å². The minimum Gasteiger partial charge on any atom is -0.569 e. The van der Waals surface area contributed by atoms with Crippen molar-refractivity contribution in [2.45, 2.75) is 0 Å². The Labute approximate surface area is 145 Å². The van der Waals surface area contributed by atoms with Crippen LogP contribution in [0.5, 0.6) is 0 Å². The molecule has 4 aromatic rings. The first-order valence-corrected chi connectivity index (χ1v) is 8.01. The van der Waals surface area contributed by atoms with Crippen LogP contribution in [0.2, 0.25) is 0 Å². The molecular formula is C21H15N3O. The molecule has 0 N–H and O–H groups in total. The van der Waals surface area contributed by atoms with E-state index in [4.69, 9.17) is 0 Å². The van der Waals surface area contributed by atoms with Crippen molar-refractivity contribution in [3.63, 3.8) is 0 Å². The second kappa shape index (κ2) is 6.53. The van der Waals surface area contributed by atoms with Crippen molar-refractivity contribution in [2.75, 3.05) is 0 Å². The molecule has 120 valence electrons. The summed E-state index contributed by atoms with van der Waals surface area (Å²) < 4.78 is 0. The standard InChI is InChI=1S/C21H15N3O/c25-24-22-20(17-12-6-2-7-13-17)19(16-10-4-1-5-11-16)21(23-24)18-14-8-3-9-15-18/h1-15H. The summed E-state index contributed by atoms with van der Waals surface area (Å²) in [6.45, 7) is 0. The lowest BCUT2D eigenvalue weighted by atomic mass is 9.95. The summed E-state index contributed by atoms with van der Waals surface area (Å²) in [5, 5.41) is 20.4. The Balaban J connectivity index is 2.07. The highest BCUT2D eigenvalue weighted by atomic mass is 16.5. The molecule has 0 radical (unpaired) electrons. The Morgan fingerprint density at radius 2 is 0.880 bits per heavy atom. The maximum atomic E-state index is 12.1. The molecule has 0 unspecified atom stereocenters. The largest absolute Gasteiger partial charge is 0.569 e. The fourth-order valence-corrected chi connectivity index (χ4v) is 2.88. The summed E-state index contributed by atoms with van der Waals surface area (Å²) in [5.41, 5.74) is 4.83. The van der Waals surface area contributed by atoms with Crippen LogP contribution in [0.25, 0.3) is 33.6 Å². The fourth-order valence-electron chi connectivity index (χ4n) is 2.88. The average Bonchev–Trinajstić information content (AvgIpc) is 2.69. The molecule has 0 saturated carbocycles. The van der Waals surface area contributed by atoms with Crippen LogP contribution in [0.15, 0.2) is 91.0 Å². The Hall–Kier alpha value is -3.53. The molecule has 3 aromatic carbocycles. The lowest BCUT2D eigenvalue weighted by molar-refractivity contribution is -0.726. The van der Waals surface area contributed by atoms with E-state index in [2.05, 4.69) is 10.2 Å². The predicted octanol–water partition coefficient (Wildman–Crippen LogP) is 4.11. The number of hydrogen-bond donors (Lipinski definition) is 0. The Morgan fingerprint density at radius 1 is 0.520 bits per heavy atom. The van der Waals surface area contributed by atoms with Crippen molar-refractivity contribution < 1.29 is 4.96 Å². The molecule has 4 nitrogen and oxygen atoms in total. The number of aromatic nitrogens is 3. The zero-order chi connectivity index (χ0) is 17.1. The molecule has 25 heavy (non-hydrogen) atoms. The topological polar surface area (TPSA) is 52.7 Å². The Kier molecular flexibility index (Phi) is 3.92.